The normalized spacial score (nSPS) is 11.4. The molecule has 0 radical (unpaired) electrons. The molecule has 4 nitrogen and oxygen atoms in total. The third kappa shape index (κ3) is 8.35. The highest BCUT2D eigenvalue weighted by Gasteiger charge is 2.12. The predicted molar refractivity (Wildman–Crippen MR) is 113 cm³/mol. The van der Waals surface area contributed by atoms with Crippen molar-refractivity contribution in [3.8, 4) is 0 Å². The van der Waals surface area contributed by atoms with Gasteiger partial charge in [0.25, 0.3) is 5.91 Å². The molecule has 1 aromatic heterocycles. The molecule has 0 atom stereocenters. The maximum absolute atomic E-state index is 12.5. The van der Waals surface area contributed by atoms with Crippen LogP contribution in [0.15, 0.2) is 48.1 Å². The van der Waals surface area contributed by atoms with E-state index in [4.69, 9.17) is 0 Å². The highest BCUT2D eigenvalue weighted by atomic mass is 16.3. The van der Waals surface area contributed by atoms with Crippen LogP contribution < -0.4 is 5.32 Å². The molecule has 1 aromatic rings. The Morgan fingerprint density at radius 1 is 1.26 bits per heavy atom. The summed E-state index contributed by atoms with van der Waals surface area (Å²) in [6.07, 6.45) is 9.51. The SMILES string of the molecule is C=C/C(=C\C=C(C)C)CCc1cc(CO)cc(C(=O)NCC(CC)CC)n1. The molecule has 0 aliphatic carbocycles. The second-order valence-electron chi connectivity index (χ2n) is 7.09. The highest BCUT2D eigenvalue weighted by Crippen LogP contribution is 2.13. The molecule has 27 heavy (non-hydrogen) atoms. The molecule has 0 aliphatic heterocycles. The summed E-state index contributed by atoms with van der Waals surface area (Å²) < 4.78 is 0. The topological polar surface area (TPSA) is 62.2 Å². The lowest BCUT2D eigenvalue weighted by Gasteiger charge is -2.14. The molecule has 148 valence electrons. The van der Waals surface area contributed by atoms with Crippen LogP contribution in [0.2, 0.25) is 0 Å². The minimum Gasteiger partial charge on any atom is -0.392 e. The van der Waals surface area contributed by atoms with E-state index in [1.165, 1.54) is 5.57 Å². The molecule has 0 unspecified atom stereocenters. The van der Waals surface area contributed by atoms with Crippen LogP contribution in [0.5, 0.6) is 0 Å². The van der Waals surface area contributed by atoms with Gasteiger partial charge in [0.2, 0.25) is 0 Å². The van der Waals surface area contributed by atoms with Crippen LogP contribution in [-0.2, 0) is 13.0 Å². The van der Waals surface area contributed by atoms with Gasteiger partial charge in [0.1, 0.15) is 5.69 Å². The number of allylic oxidation sites excluding steroid dienone is 5. The van der Waals surface area contributed by atoms with E-state index < -0.39 is 0 Å². The van der Waals surface area contributed by atoms with Gasteiger partial charge >= 0.3 is 0 Å². The van der Waals surface area contributed by atoms with Gasteiger partial charge < -0.3 is 10.4 Å². The number of carbonyl (C=O) groups excluding carboxylic acids is 1. The summed E-state index contributed by atoms with van der Waals surface area (Å²) >= 11 is 0. The van der Waals surface area contributed by atoms with Gasteiger partial charge in [-0.05, 0) is 55.9 Å². The van der Waals surface area contributed by atoms with Gasteiger partial charge in [0, 0.05) is 12.2 Å². The van der Waals surface area contributed by atoms with Gasteiger partial charge in [-0.2, -0.15) is 0 Å². The van der Waals surface area contributed by atoms with E-state index >= 15 is 0 Å². The third-order valence-electron chi connectivity index (χ3n) is 4.62. The van der Waals surface area contributed by atoms with Crippen molar-refractivity contribution in [2.45, 2.75) is 60.0 Å². The van der Waals surface area contributed by atoms with E-state index in [2.05, 4.69) is 56.7 Å². The number of aromatic nitrogens is 1. The Balaban J connectivity index is 2.88. The molecule has 0 saturated heterocycles. The number of aliphatic hydroxyl groups is 1. The van der Waals surface area contributed by atoms with Gasteiger partial charge in [-0.15, -0.1) is 0 Å². The van der Waals surface area contributed by atoms with Gasteiger partial charge in [-0.3, -0.25) is 4.79 Å². The number of pyridine rings is 1. The number of hydrogen-bond acceptors (Lipinski definition) is 3. The first kappa shape index (κ1) is 22.8. The molecule has 0 aliphatic rings. The molecular weight excluding hydrogens is 336 g/mol. The molecule has 0 saturated carbocycles. The smallest absolute Gasteiger partial charge is 0.269 e. The maximum Gasteiger partial charge on any atom is 0.269 e. The predicted octanol–water partition coefficient (Wildman–Crippen LogP) is 4.75. The second kappa shape index (κ2) is 12.2. The Morgan fingerprint density at radius 3 is 2.52 bits per heavy atom. The number of nitrogens with zero attached hydrogens (tertiary/aromatic N) is 1. The molecule has 1 heterocycles. The van der Waals surface area contributed by atoms with Crippen molar-refractivity contribution in [1.29, 1.82) is 0 Å². The van der Waals surface area contributed by atoms with Crippen LogP contribution in [-0.4, -0.2) is 22.5 Å². The summed E-state index contributed by atoms with van der Waals surface area (Å²) in [7, 11) is 0. The van der Waals surface area contributed by atoms with Crippen molar-refractivity contribution in [3.05, 3.63) is 65.0 Å². The Bertz CT molecular complexity index is 682. The number of carbonyl (C=O) groups is 1. The zero-order chi connectivity index (χ0) is 20.2. The van der Waals surface area contributed by atoms with Crippen molar-refractivity contribution in [1.82, 2.24) is 10.3 Å². The molecule has 2 N–H and O–H groups in total. The van der Waals surface area contributed by atoms with Crippen molar-refractivity contribution in [2.24, 2.45) is 5.92 Å². The van der Waals surface area contributed by atoms with E-state index in [-0.39, 0.29) is 12.5 Å². The molecule has 1 amide bonds. The summed E-state index contributed by atoms with van der Waals surface area (Å²) in [4.78, 5) is 17.0. The second-order valence-corrected chi connectivity index (χ2v) is 7.09. The number of aliphatic hydroxyl groups excluding tert-OH is 1. The van der Waals surface area contributed by atoms with Crippen LogP contribution in [0.3, 0.4) is 0 Å². The lowest BCUT2D eigenvalue weighted by atomic mass is 10.0. The lowest BCUT2D eigenvalue weighted by molar-refractivity contribution is 0.0941. The minimum absolute atomic E-state index is 0.107. The van der Waals surface area contributed by atoms with Crippen LogP contribution >= 0.6 is 0 Å². The van der Waals surface area contributed by atoms with Crippen LogP contribution in [0.4, 0.5) is 0 Å². The number of hydrogen-bond donors (Lipinski definition) is 2. The number of aryl methyl sites for hydroxylation is 1. The molecule has 0 fully saturated rings. The van der Waals surface area contributed by atoms with Crippen LogP contribution in [0, 0.1) is 5.92 Å². The minimum atomic E-state index is -0.178. The fraction of sp³-hybridized carbons (Fsp3) is 0.478. The first-order valence-electron chi connectivity index (χ1n) is 9.78. The first-order chi connectivity index (χ1) is 12.9. The summed E-state index contributed by atoms with van der Waals surface area (Å²) in [5.74, 6) is 0.298. The fourth-order valence-electron chi connectivity index (χ4n) is 2.69. The Labute approximate surface area is 164 Å². The summed E-state index contributed by atoms with van der Waals surface area (Å²) in [5, 5.41) is 12.5. The van der Waals surface area contributed by atoms with Crippen molar-refractivity contribution in [2.75, 3.05) is 6.54 Å². The largest absolute Gasteiger partial charge is 0.392 e. The number of amides is 1. The summed E-state index contributed by atoms with van der Waals surface area (Å²) in [6.45, 7) is 12.8. The monoisotopic (exact) mass is 370 g/mol. The molecular formula is C23H34N2O2. The summed E-state index contributed by atoms with van der Waals surface area (Å²) in [5.41, 5.74) is 4.23. The van der Waals surface area contributed by atoms with E-state index in [9.17, 15) is 9.90 Å². The van der Waals surface area contributed by atoms with Gasteiger partial charge in [0.15, 0.2) is 0 Å². The van der Waals surface area contributed by atoms with E-state index in [1.54, 1.807) is 6.07 Å². The highest BCUT2D eigenvalue weighted by molar-refractivity contribution is 5.92. The molecule has 0 aromatic carbocycles. The molecule has 0 bridgehead atoms. The van der Waals surface area contributed by atoms with Gasteiger partial charge in [-0.25, -0.2) is 4.98 Å². The van der Waals surface area contributed by atoms with Crippen LogP contribution in [0.1, 0.15) is 68.7 Å². The maximum atomic E-state index is 12.5. The third-order valence-corrected chi connectivity index (χ3v) is 4.62. The molecule has 4 heteroatoms. The van der Waals surface area contributed by atoms with Crippen molar-refractivity contribution >= 4 is 5.91 Å². The Kier molecular flexibility index (Phi) is 10.3. The quantitative estimate of drug-likeness (QED) is 0.553. The van der Waals surface area contributed by atoms with Crippen LogP contribution in [0.25, 0.3) is 0 Å². The number of rotatable bonds is 11. The zero-order valence-corrected chi connectivity index (χ0v) is 17.2. The summed E-state index contributed by atoms with van der Waals surface area (Å²) in [6, 6.07) is 3.53. The average Bonchev–Trinajstić information content (AvgIpc) is 2.68. The van der Waals surface area contributed by atoms with Crippen molar-refractivity contribution < 1.29 is 9.90 Å². The van der Waals surface area contributed by atoms with Gasteiger partial charge in [0.05, 0.1) is 6.61 Å². The van der Waals surface area contributed by atoms with E-state index in [0.717, 1.165) is 30.5 Å². The molecule has 1 rings (SSSR count). The standard InChI is InChI=1S/C23H34N2O2/c1-6-18(7-2)15-24-23(27)22-14-20(16-26)13-21(25-22)12-11-19(8-3)10-9-17(4)5/h8-10,13-14,18,26H,3,6-7,11-12,15-16H2,1-2,4-5H3,(H,24,27)/b19-10+. The van der Waals surface area contributed by atoms with E-state index in [0.29, 0.717) is 30.1 Å². The lowest BCUT2D eigenvalue weighted by Crippen LogP contribution is -2.29. The van der Waals surface area contributed by atoms with E-state index in [1.807, 2.05) is 12.1 Å². The molecule has 0 spiro atoms. The van der Waals surface area contributed by atoms with Crippen molar-refractivity contribution in [3.63, 3.8) is 0 Å². The Hall–Kier alpha value is -2.20. The zero-order valence-electron chi connectivity index (χ0n) is 17.2. The average molecular weight is 371 g/mol. The number of nitrogens with one attached hydrogen (secondary N) is 1. The van der Waals surface area contributed by atoms with Gasteiger partial charge in [-0.1, -0.05) is 57.1 Å². The fourth-order valence-corrected chi connectivity index (χ4v) is 2.69. The Morgan fingerprint density at radius 2 is 1.96 bits per heavy atom. The first-order valence-corrected chi connectivity index (χ1v) is 9.78.